The van der Waals surface area contributed by atoms with Crippen molar-refractivity contribution < 1.29 is 9.90 Å². The van der Waals surface area contributed by atoms with Crippen LogP contribution in [0, 0.1) is 29.1 Å². The molecule has 0 aromatic rings. The summed E-state index contributed by atoms with van der Waals surface area (Å²) in [5.74, 6) is 2.73. The third kappa shape index (κ3) is 0.896. The maximum absolute atomic E-state index is 10.9. The Kier molecular flexibility index (Phi) is 1.58. The molecule has 3 aliphatic carbocycles. The van der Waals surface area contributed by atoms with Gasteiger partial charge in [-0.05, 0) is 48.3 Å². The zero-order valence-electron chi connectivity index (χ0n) is 8.70. The molecule has 78 valence electrons. The van der Waals surface area contributed by atoms with Crippen LogP contribution in [0.1, 0.15) is 39.0 Å². The molecule has 3 aliphatic rings. The molecule has 0 aliphatic heterocycles. The van der Waals surface area contributed by atoms with E-state index in [1.54, 1.807) is 0 Å². The number of rotatable bonds is 2. The number of carboxylic acid groups (broad SMARTS) is 1. The summed E-state index contributed by atoms with van der Waals surface area (Å²) in [4.78, 5) is 10.9. The number of carboxylic acids is 1. The van der Waals surface area contributed by atoms with Crippen molar-refractivity contribution in [2.24, 2.45) is 29.1 Å². The first-order valence-electron chi connectivity index (χ1n) is 5.83. The van der Waals surface area contributed by atoms with Crippen LogP contribution in [0.5, 0.6) is 0 Å². The molecular formula is C12H18O2. The van der Waals surface area contributed by atoms with Gasteiger partial charge in [0.05, 0.1) is 6.42 Å². The predicted octanol–water partition coefficient (Wildman–Crippen LogP) is 2.53. The number of hydrogen-bond donors (Lipinski definition) is 1. The van der Waals surface area contributed by atoms with Crippen molar-refractivity contribution in [1.82, 2.24) is 0 Å². The monoisotopic (exact) mass is 194 g/mol. The number of fused-ring (bicyclic) bond motifs is 1. The Morgan fingerprint density at radius 3 is 2.86 bits per heavy atom. The maximum atomic E-state index is 10.9. The minimum atomic E-state index is -0.596. The van der Waals surface area contributed by atoms with Gasteiger partial charge in [0.25, 0.3) is 0 Å². The van der Waals surface area contributed by atoms with Gasteiger partial charge in [-0.2, -0.15) is 0 Å². The number of aliphatic carboxylic acids is 1. The highest BCUT2D eigenvalue weighted by molar-refractivity contribution is 5.68. The highest BCUT2D eigenvalue weighted by atomic mass is 16.4. The molecule has 0 aromatic carbocycles. The second-order valence-corrected chi connectivity index (χ2v) is 5.87. The van der Waals surface area contributed by atoms with Gasteiger partial charge in [0.1, 0.15) is 0 Å². The highest BCUT2D eigenvalue weighted by Crippen LogP contribution is 2.70. The van der Waals surface area contributed by atoms with Gasteiger partial charge in [-0.25, -0.2) is 0 Å². The van der Waals surface area contributed by atoms with Crippen molar-refractivity contribution in [1.29, 1.82) is 0 Å². The molecule has 0 aromatic heterocycles. The molecule has 1 N–H and O–H groups in total. The Morgan fingerprint density at radius 1 is 1.36 bits per heavy atom. The molecule has 2 heteroatoms. The molecule has 3 fully saturated rings. The molecule has 2 nitrogen and oxygen atoms in total. The summed E-state index contributed by atoms with van der Waals surface area (Å²) in [6.45, 7) is 2.22. The van der Waals surface area contributed by atoms with Gasteiger partial charge >= 0.3 is 5.97 Å². The van der Waals surface area contributed by atoms with Crippen molar-refractivity contribution >= 4 is 5.97 Å². The molecule has 0 saturated heterocycles. The third-order valence-corrected chi connectivity index (χ3v) is 5.34. The normalized spacial score (nSPS) is 54.1. The molecule has 0 spiro atoms. The Bertz CT molecular complexity index is 278. The summed E-state index contributed by atoms with van der Waals surface area (Å²) in [7, 11) is 0. The fourth-order valence-electron chi connectivity index (χ4n) is 4.81. The first-order valence-corrected chi connectivity index (χ1v) is 5.83. The Balaban J connectivity index is 1.85. The highest BCUT2D eigenvalue weighted by Gasteiger charge is 2.64. The summed E-state index contributed by atoms with van der Waals surface area (Å²) in [6.07, 6.45) is 5.81. The Labute approximate surface area is 84.7 Å². The van der Waals surface area contributed by atoms with Gasteiger partial charge in [-0.15, -0.1) is 0 Å². The van der Waals surface area contributed by atoms with Crippen LogP contribution in [-0.4, -0.2) is 11.1 Å². The van der Waals surface area contributed by atoms with Crippen LogP contribution >= 0.6 is 0 Å². The molecule has 14 heavy (non-hydrogen) atoms. The van der Waals surface area contributed by atoms with Crippen molar-refractivity contribution in [2.75, 3.05) is 0 Å². The largest absolute Gasteiger partial charge is 0.481 e. The van der Waals surface area contributed by atoms with Gasteiger partial charge in [0.2, 0.25) is 0 Å². The molecule has 5 atom stereocenters. The van der Waals surface area contributed by atoms with Crippen molar-refractivity contribution in [3.05, 3.63) is 0 Å². The minimum absolute atomic E-state index is 0.155. The van der Waals surface area contributed by atoms with E-state index in [-0.39, 0.29) is 5.41 Å². The van der Waals surface area contributed by atoms with E-state index in [9.17, 15) is 4.79 Å². The zero-order valence-corrected chi connectivity index (χ0v) is 8.70. The van der Waals surface area contributed by atoms with Crippen molar-refractivity contribution in [2.45, 2.75) is 39.0 Å². The quantitative estimate of drug-likeness (QED) is 0.733. The lowest BCUT2D eigenvalue weighted by Gasteiger charge is -2.58. The fourth-order valence-corrected chi connectivity index (χ4v) is 4.81. The lowest BCUT2D eigenvalue weighted by molar-refractivity contribution is -0.154. The van der Waals surface area contributed by atoms with E-state index in [0.717, 1.165) is 23.7 Å². The molecular weight excluding hydrogens is 176 g/mol. The maximum Gasteiger partial charge on any atom is 0.303 e. The van der Waals surface area contributed by atoms with E-state index < -0.39 is 5.97 Å². The van der Waals surface area contributed by atoms with Crippen LogP contribution in [0.15, 0.2) is 0 Å². The van der Waals surface area contributed by atoms with Crippen molar-refractivity contribution in [3.8, 4) is 0 Å². The van der Waals surface area contributed by atoms with Gasteiger partial charge in [-0.1, -0.05) is 13.3 Å². The molecule has 3 saturated carbocycles. The van der Waals surface area contributed by atoms with E-state index in [2.05, 4.69) is 6.92 Å². The van der Waals surface area contributed by atoms with Crippen molar-refractivity contribution in [3.63, 3.8) is 0 Å². The molecule has 0 radical (unpaired) electrons. The van der Waals surface area contributed by atoms with Crippen LogP contribution in [0.25, 0.3) is 0 Å². The molecule has 0 heterocycles. The SMILES string of the molecule is C[C@]1(CC(=O)O)C2CCC3C[C@H]2[C@H]1C3. The third-order valence-electron chi connectivity index (χ3n) is 5.34. The summed E-state index contributed by atoms with van der Waals surface area (Å²) in [5.41, 5.74) is 0.155. The fraction of sp³-hybridized carbons (Fsp3) is 0.917. The summed E-state index contributed by atoms with van der Waals surface area (Å²) in [6, 6.07) is 0. The standard InChI is InChI=1S/C12H18O2/c1-12(6-11(13)14)9-3-2-7-4-8(9)10(12)5-7/h7-10H,2-6H2,1H3,(H,13,14)/t7?,8-,9?,10-,12+/m1/s1. The average molecular weight is 194 g/mol. The lowest BCUT2D eigenvalue weighted by Crippen LogP contribution is -2.53. The average Bonchev–Trinajstić information content (AvgIpc) is 2.31. The van der Waals surface area contributed by atoms with E-state index in [1.165, 1.54) is 25.7 Å². The van der Waals surface area contributed by atoms with E-state index >= 15 is 0 Å². The molecule has 2 unspecified atom stereocenters. The van der Waals surface area contributed by atoms with Gasteiger partial charge in [-0.3, -0.25) is 4.79 Å². The topological polar surface area (TPSA) is 37.3 Å². The minimum Gasteiger partial charge on any atom is -0.481 e. The first-order chi connectivity index (χ1) is 6.61. The molecule has 0 amide bonds. The lowest BCUT2D eigenvalue weighted by atomic mass is 9.46. The predicted molar refractivity (Wildman–Crippen MR) is 52.8 cm³/mol. The first kappa shape index (κ1) is 8.75. The zero-order chi connectivity index (χ0) is 9.92. The van der Waals surface area contributed by atoms with E-state index in [0.29, 0.717) is 6.42 Å². The van der Waals surface area contributed by atoms with Crippen LogP contribution in [0.2, 0.25) is 0 Å². The summed E-state index contributed by atoms with van der Waals surface area (Å²) < 4.78 is 0. The summed E-state index contributed by atoms with van der Waals surface area (Å²) in [5, 5.41) is 8.96. The van der Waals surface area contributed by atoms with Gasteiger partial charge in [0, 0.05) is 0 Å². The van der Waals surface area contributed by atoms with E-state index in [1.807, 2.05) is 0 Å². The number of hydrogen-bond acceptors (Lipinski definition) is 1. The van der Waals surface area contributed by atoms with Crippen LogP contribution in [0.4, 0.5) is 0 Å². The van der Waals surface area contributed by atoms with E-state index in [4.69, 9.17) is 5.11 Å². The molecule has 3 rings (SSSR count). The smallest absolute Gasteiger partial charge is 0.303 e. The Morgan fingerprint density at radius 2 is 2.14 bits per heavy atom. The van der Waals surface area contributed by atoms with Gasteiger partial charge in [0.15, 0.2) is 0 Å². The molecule has 2 bridgehead atoms. The summed E-state index contributed by atoms with van der Waals surface area (Å²) >= 11 is 0. The second kappa shape index (κ2) is 2.53. The van der Waals surface area contributed by atoms with Crippen LogP contribution in [-0.2, 0) is 4.79 Å². The number of carbonyl (C=O) groups is 1. The van der Waals surface area contributed by atoms with Crippen LogP contribution < -0.4 is 0 Å². The Hall–Kier alpha value is -0.530. The second-order valence-electron chi connectivity index (χ2n) is 5.87. The van der Waals surface area contributed by atoms with Crippen LogP contribution in [0.3, 0.4) is 0 Å². The van der Waals surface area contributed by atoms with Gasteiger partial charge < -0.3 is 5.11 Å².